The zero-order valence-corrected chi connectivity index (χ0v) is 12.1. The SMILES string of the molecule is CCN(CC(=O)Nc1cccc(OC)c1)C(=O)[C@@H](C)N. The van der Waals surface area contributed by atoms with Crippen LogP contribution in [0.1, 0.15) is 13.8 Å². The van der Waals surface area contributed by atoms with E-state index in [1.165, 1.54) is 4.90 Å². The van der Waals surface area contributed by atoms with Crippen molar-refractivity contribution < 1.29 is 14.3 Å². The van der Waals surface area contributed by atoms with Gasteiger partial charge in [-0.2, -0.15) is 0 Å². The van der Waals surface area contributed by atoms with Crippen molar-refractivity contribution in [2.24, 2.45) is 5.73 Å². The number of hydrogen-bond donors (Lipinski definition) is 2. The molecule has 0 saturated carbocycles. The zero-order chi connectivity index (χ0) is 15.1. The number of ether oxygens (including phenoxy) is 1. The van der Waals surface area contributed by atoms with E-state index in [0.717, 1.165) is 0 Å². The summed E-state index contributed by atoms with van der Waals surface area (Å²) >= 11 is 0. The first kappa shape index (κ1) is 16.0. The molecule has 6 heteroatoms. The van der Waals surface area contributed by atoms with Crippen molar-refractivity contribution in [3.63, 3.8) is 0 Å². The van der Waals surface area contributed by atoms with Crippen molar-refractivity contribution in [1.82, 2.24) is 4.90 Å². The summed E-state index contributed by atoms with van der Waals surface area (Å²) in [5.41, 5.74) is 6.16. The van der Waals surface area contributed by atoms with Gasteiger partial charge in [0.15, 0.2) is 0 Å². The van der Waals surface area contributed by atoms with Gasteiger partial charge in [-0.15, -0.1) is 0 Å². The number of hydrogen-bond acceptors (Lipinski definition) is 4. The van der Waals surface area contributed by atoms with Gasteiger partial charge in [0, 0.05) is 18.3 Å². The molecule has 1 rings (SSSR count). The average Bonchev–Trinajstić information content (AvgIpc) is 2.44. The molecule has 1 aromatic carbocycles. The number of methoxy groups -OCH3 is 1. The van der Waals surface area contributed by atoms with E-state index in [1.807, 2.05) is 0 Å². The van der Waals surface area contributed by atoms with Gasteiger partial charge in [0.2, 0.25) is 11.8 Å². The molecule has 1 atom stereocenters. The molecular formula is C14H21N3O3. The van der Waals surface area contributed by atoms with E-state index in [4.69, 9.17) is 10.5 Å². The smallest absolute Gasteiger partial charge is 0.243 e. The Bertz CT molecular complexity index is 474. The predicted octanol–water partition coefficient (Wildman–Crippen LogP) is 0.829. The first-order valence-electron chi connectivity index (χ1n) is 6.46. The summed E-state index contributed by atoms with van der Waals surface area (Å²) in [5, 5.41) is 2.72. The Hall–Kier alpha value is -2.08. The van der Waals surface area contributed by atoms with Crippen LogP contribution in [0.25, 0.3) is 0 Å². The number of likely N-dealkylation sites (N-methyl/N-ethyl adjacent to an activating group) is 1. The molecule has 6 nitrogen and oxygen atoms in total. The van der Waals surface area contributed by atoms with Crippen LogP contribution in [0.15, 0.2) is 24.3 Å². The maximum absolute atomic E-state index is 11.9. The summed E-state index contributed by atoms with van der Waals surface area (Å²) in [6.07, 6.45) is 0. The highest BCUT2D eigenvalue weighted by Gasteiger charge is 2.18. The summed E-state index contributed by atoms with van der Waals surface area (Å²) in [4.78, 5) is 25.1. The lowest BCUT2D eigenvalue weighted by Gasteiger charge is -2.22. The molecule has 0 aliphatic rings. The summed E-state index contributed by atoms with van der Waals surface area (Å²) < 4.78 is 5.08. The van der Waals surface area contributed by atoms with Crippen LogP contribution in [-0.4, -0.2) is 43.0 Å². The van der Waals surface area contributed by atoms with Crippen molar-refractivity contribution >= 4 is 17.5 Å². The van der Waals surface area contributed by atoms with E-state index < -0.39 is 6.04 Å². The number of carbonyl (C=O) groups excluding carboxylic acids is 2. The number of amides is 2. The van der Waals surface area contributed by atoms with Gasteiger partial charge in [-0.1, -0.05) is 6.07 Å². The molecular weight excluding hydrogens is 258 g/mol. The molecule has 1 aromatic rings. The van der Waals surface area contributed by atoms with Crippen LogP contribution in [-0.2, 0) is 9.59 Å². The van der Waals surface area contributed by atoms with Crippen LogP contribution in [0.3, 0.4) is 0 Å². The van der Waals surface area contributed by atoms with E-state index in [0.29, 0.717) is 18.0 Å². The highest BCUT2D eigenvalue weighted by atomic mass is 16.5. The fourth-order valence-corrected chi connectivity index (χ4v) is 1.71. The van der Waals surface area contributed by atoms with Crippen molar-refractivity contribution in [2.75, 3.05) is 25.5 Å². The second-order valence-corrected chi connectivity index (χ2v) is 4.42. The lowest BCUT2D eigenvalue weighted by molar-refractivity contribution is -0.135. The molecule has 0 bridgehead atoms. The highest BCUT2D eigenvalue weighted by molar-refractivity contribution is 5.95. The van der Waals surface area contributed by atoms with Crippen LogP contribution < -0.4 is 15.8 Å². The molecule has 0 unspecified atom stereocenters. The first-order valence-corrected chi connectivity index (χ1v) is 6.46. The molecule has 0 saturated heterocycles. The summed E-state index contributed by atoms with van der Waals surface area (Å²) in [6, 6.07) is 6.41. The Labute approximate surface area is 118 Å². The lowest BCUT2D eigenvalue weighted by Crippen LogP contribution is -2.45. The van der Waals surface area contributed by atoms with Crippen LogP contribution >= 0.6 is 0 Å². The standard InChI is InChI=1S/C14H21N3O3/c1-4-17(14(19)10(2)15)9-13(18)16-11-6-5-7-12(8-11)20-3/h5-8,10H,4,9,15H2,1-3H3,(H,16,18)/t10-/m1/s1. The maximum atomic E-state index is 11.9. The number of carbonyl (C=O) groups is 2. The van der Waals surface area contributed by atoms with E-state index in [9.17, 15) is 9.59 Å². The van der Waals surface area contributed by atoms with E-state index in [1.54, 1.807) is 45.2 Å². The third-order valence-corrected chi connectivity index (χ3v) is 2.77. The quantitative estimate of drug-likeness (QED) is 0.807. The largest absolute Gasteiger partial charge is 0.497 e. The molecule has 0 aromatic heterocycles. The van der Waals surface area contributed by atoms with Crippen LogP contribution in [0.4, 0.5) is 5.69 Å². The number of nitrogens with zero attached hydrogens (tertiary/aromatic N) is 1. The van der Waals surface area contributed by atoms with Gasteiger partial charge in [0.1, 0.15) is 5.75 Å². The molecule has 0 aliphatic carbocycles. The van der Waals surface area contributed by atoms with Gasteiger partial charge in [-0.3, -0.25) is 9.59 Å². The van der Waals surface area contributed by atoms with Crippen molar-refractivity contribution in [2.45, 2.75) is 19.9 Å². The fraction of sp³-hybridized carbons (Fsp3) is 0.429. The fourth-order valence-electron chi connectivity index (χ4n) is 1.71. The van der Waals surface area contributed by atoms with E-state index in [-0.39, 0.29) is 18.4 Å². The maximum Gasteiger partial charge on any atom is 0.243 e. The number of benzene rings is 1. The topological polar surface area (TPSA) is 84.7 Å². The Morgan fingerprint density at radius 3 is 2.70 bits per heavy atom. The van der Waals surface area contributed by atoms with Crippen LogP contribution in [0, 0.1) is 0 Å². The summed E-state index contributed by atoms with van der Waals surface area (Å²) in [7, 11) is 1.56. The minimum Gasteiger partial charge on any atom is -0.497 e. The van der Waals surface area contributed by atoms with E-state index >= 15 is 0 Å². The van der Waals surface area contributed by atoms with E-state index in [2.05, 4.69) is 5.32 Å². The van der Waals surface area contributed by atoms with Gasteiger partial charge < -0.3 is 20.7 Å². The molecule has 0 radical (unpaired) electrons. The molecule has 0 heterocycles. The lowest BCUT2D eigenvalue weighted by atomic mass is 10.3. The Balaban J connectivity index is 2.64. The van der Waals surface area contributed by atoms with Gasteiger partial charge in [0.25, 0.3) is 0 Å². The van der Waals surface area contributed by atoms with Gasteiger partial charge >= 0.3 is 0 Å². The Morgan fingerprint density at radius 2 is 2.15 bits per heavy atom. The van der Waals surface area contributed by atoms with Crippen molar-refractivity contribution in [3.05, 3.63) is 24.3 Å². The molecule has 3 N–H and O–H groups in total. The zero-order valence-electron chi connectivity index (χ0n) is 12.1. The number of nitrogens with two attached hydrogens (primary N) is 1. The molecule has 0 spiro atoms. The third kappa shape index (κ3) is 4.55. The Kier molecular flexibility index (Phi) is 5.99. The average molecular weight is 279 g/mol. The summed E-state index contributed by atoms with van der Waals surface area (Å²) in [5.74, 6) is 0.143. The van der Waals surface area contributed by atoms with Crippen molar-refractivity contribution in [3.8, 4) is 5.75 Å². The normalized spacial score (nSPS) is 11.6. The minimum atomic E-state index is -0.612. The Morgan fingerprint density at radius 1 is 1.45 bits per heavy atom. The first-order chi connectivity index (χ1) is 9.47. The molecule has 110 valence electrons. The van der Waals surface area contributed by atoms with Crippen molar-refractivity contribution in [1.29, 1.82) is 0 Å². The third-order valence-electron chi connectivity index (χ3n) is 2.77. The molecule has 0 fully saturated rings. The highest BCUT2D eigenvalue weighted by Crippen LogP contribution is 2.16. The van der Waals surface area contributed by atoms with Crippen LogP contribution in [0.2, 0.25) is 0 Å². The molecule has 2 amide bonds. The van der Waals surface area contributed by atoms with Gasteiger partial charge in [-0.25, -0.2) is 0 Å². The number of anilines is 1. The monoisotopic (exact) mass is 279 g/mol. The number of nitrogens with one attached hydrogen (secondary N) is 1. The predicted molar refractivity (Wildman–Crippen MR) is 77.5 cm³/mol. The van der Waals surface area contributed by atoms with Gasteiger partial charge in [-0.05, 0) is 26.0 Å². The molecule has 0 aliphatic heterocycles. The summed E-state index contributed by atoms with van der Waals surface area (Å²) in [6.45, 7) is 3.82. The van der Waals surface area contributed by atoms with Gasteiger partial charge in [0.05, 0.1) is 19.7 Å². The minimum absolute atomic E-state index is 0.0198. The number of rotatable bonds is 6. The molecule has 20 heavy (non-hydrogen) atoms. The van der Waals surface area contributed by atoms with Crippen LogP contribution in [0.5, 0.6) is 5.75 Å². The second kappa shape index (κ2) is 7.49. The second-order valence-electron chi connectivity index (χ2n) is 4.42.